The summed E-state index contributed by atoms with van der Waals surface area (Å²) in [6, 6.07) is -0.816. The highest BCUT2D eigenvalue weighted by Gasteiger charge is 2.50. The van der Waals surface area contributed by atoms with E-state index < -0.39 is 86.8 Å². The second-order valence-corrected chi connectivity index (χ2v) is 15.1. The van der Waals surface area contributed by atoms with Crippen molar-refractivity contribution in [2.45, 2.75) is 222 Å². The van der Waals surface area contributed by atoms with E-state index in [2.05, 4.69) is 12.2 Å². The molecule has 2 rings (SSSR count). The van der Waals surface area contributed by atoms with E-state index in [0.29, 0.717) is 12.8 Å². The van der Waals surface area contributed by atoms with Crippen LogP contribution in [-0.4, -0.2) is 140 Å². The maximum Gasteiger partial charge on any atom is 0.220 e. The van der Waals surface area contributed by atoms with Crippen molar-refractivity contribution in [3.8, 4) is 0 Å². The van der Waals surface area contributed by atoms with E-state index in [4.69, 9.17) is 18.9 Å². The van der Waals surface area contributed by atoms with Gasteiger partial charge in [-0.25, -0.2) is 0 Å². The summed E-state index contributed by atoms with van der Waals surface area (Å²) in [7, 11) is 0. The average Bonchev–Trinajstić information content (AvgIpc) is 3.15. The molecule has 0 aromatic heterocycles. The number of unbranched alkanes of at least 4 members (excludes halogenated alkanes) is 17. The van der Waals surface area contributed by atoms with E-state index in [9.17, 15) is 45.6 Å². The molecule has 14 nitrogen and oxygen atoms in total. The molecule has 9 N–H and O–H groups in total. The van der Waals surface area contributed by atoms with Crippen molar-refractivity contribution in [3.63, 3.8) is 0 Å². The lowest BCUT2D eigenvalue weighted by Gasteiger charge is -2.46. The molecule has 1 amide bonds. The molecule has 2 heterocycles. The molecule has 0 bridgehead atoms. The molecule has 0 aliphatic carbocycles. The minimum absolute atomic E-state index is 0.218. The van der Waals surface area contributed by atoms with Crippen LogP contribution in [0.4, 0.5) is 0 Å². The van der Waals surface area contributed by atoms with Gasteiger partial charge in [0.1, 0.15) is 48.8 Å². The van der Waals surface area contributed by atoms with Gasteiger partial charge in [-0.2, -0.15) is 0 Å². The largest absolute Gasteiger partial charge is 0.394 e. The van der Waals surface area contributed by atoms with Gasteiger partial charge in [0.15, 0.2) is 12.6 Å². The fraction of sp³-hybridized carbons (Fsp3) is 0.974. The zero-order valence-electron chi connectivity index (χ0n) is 32.5. The summed E-state index contributed by atoms with van der Waals surface area (Å²) < 4.78 is 22.4. The lowest BCUT2D eigenvalue weighted by Crippen LogP contribution is -2.65. The Balaban J connectivity index is 1.77. The topological polar surface area (TPSA) is 228 Å². The van der Waals surface area contributed by atoms with Gasteiger partial charge >= 0.3 is 0 Å². The number of ether oxygens (including phenoxy) is 4. The van der Waals surface area contributed by atoms with Crippen molar-refractivity contribution in [1.29, 1.82) is 0 Å². The Morgan fingerprint density at radius 2 is 1.08 bits per heavy atom. The summed E-state index contributed by atoms with van der Waals surface area (Å²) >= 11 is 0. The van der Waals surface area contributed by atoms with E-state index >= 15 is 0 Å². The maximum absolute atomic E-state index is 12.9. The number of aliphatic hydroxyl groups excluding tert-OH is 8. The van der Waals surface area contributed by atoms with Gasteiger partial charge in [-0.15, -0.1) is 0 Å². The second-order valence-electron chi connectivity index (χ2n) is 15.1. The van der Waals surface area contributed by atoms with Gasteiger partial charge in [0.2, 0.25) is 5.91 Å². The Labute approximate surface area is 317 Å². The summed E-state index contributed by atoms with van der Waals surface area (Å²) in [5.41, 5.74) is 0. The van der Waals surface area contributed by atoms with Crippen LogP contribution in [0.2, 0.25) is 0 Å². The van der Waals surface area contributed by atoms with Crippen molar-refractivity contribution in [2.24, 2.45) is 0 Å². The molecule has 314 valence electrons. The third kappa shape index (κ3) is 17.8. The number of carbonyl (C=O) groups is 1. The molecule has 12 atom stereocenters. The predicted molar refractivity (Wildman–Crippen MR) is 199 cm³/mol. The van der Waals surface area contributed by atoms with Crippen molar-refractivity contribution < 1.29 is 64.6 Å². The molecule has 0 aromatic carbocycles. The number of hydrogen-bond acceptors (Lipinski definition) is 13. The van der Waals surface area contributed by atoms with Crippen molar-refractivity contribution in [1.82, 2.24) is 5.32 Å². The van der Waals surface area contributed by atoms with Gasteiger partial charge in [0, 0.05) is 6.42 Å². The highest BCUT2D eigenvalue weighted by Crippen LogP contribution is 2.30. The van der Waals surface area contributed by atoms with Crippen LogP contribution in [0.1, 0.15) is 149 Å². The molecule has 14 heteroatoms. The zero-order chi connectivity index (χ0) is 39.0. The molecule has 2 aliphatic rings. The van der Waals surface area contributed by atoms with E-state index in [1.54, 1.807) is 0 Å². The van der Waals surface area contributed by atoms with Gasteiger partial charge in [-0.1, -0.05) is 129 Å². The fourth-order valence-corrected chi connectivity index (χ4v) is 7.06. The molecule has 0 radical (unpaired) electrons. The zero-order valence-corrected chi connectivity index (χ0v) is 32.5. The van der Waals surface area contributed by atoms with Crippen LogP contribution < -0.4 is 5.32 Å². The first-order chi connectivity index (χ1) is 25.6. The van der Waals surface area contributed by atoms with Gasteiger partial charge in [-0.3, -0.25) is 4.79 Å². The van der Waals surface area contributed by atoms with E-state index in [0.717, 1.165) is 44.9 Å². The Bertz CT molecular complexity index is 915. The molecule has 0 spiro atoms. The lowest BCUT2D eigenvalue weighted by atomic mass is 9.97. The highest BCUT2D eigenvalue weighted by molar-refractivity contribution is 5.76. The molecular weight excluding hydrogens is 690 g/mol. The van der Waals surface area contributed by atoms with Gasteiger partial charge in [0.25, 0.3) is 0 Å². The molecule has 53 heavy (non-hydrogen) atoms. The van der Waals surface area contributed by atoms with Gasteiger partial charge in [0.05, 0.1) is 32.0 Å². The smallest absolute Gasteiger partial charge is 0.220 e. The molecule has 2 aliphatic heterocycles. The minimum atomic E-state index is -1.77. The quantitative estimate of drug-likeness (QED) is 0.0480. The van der Waals surface area contributed by atoms with Crippen LogP contribution in [0.15, 0.2) is 0 Å². The minimum Gasteiger partial charge on any atom is -0.394 e. The normalized spacial score (nSPS) is 30.3. The van der Waals surface area contributed by atoms with Crippen molar-refractivity contribution >= 4 is 5.91 Å². The Kier molecular flexibility index (Phi) is 25.8. The Morgan fingerprint density at radius 1 is 0.604 bits per heavy atom. The standard InChI is InChI=1S/C39H75NO13/c1-3-5-7-8-9-10-11-12-13-14-15-16-17-18-19-21-23-31(44)40-27(28(43)22-20-6-4-2)26-50-38-36(49)34(47)37(30(25-42)52-38)53-39-35(48)33(46)32(45)29(24-41)51-39/h27-30,32-39,41-43,45-49H,3-26H2,1-2H3,(H,40,44). The Hall–Kier alpha value is -1.01. The molecule has 2 fully saturated rings. The first-order valence-electron chi connectivity index (χ1n) is 20.8. The van der Waals surface area contributed by atoms with E-state index in [1.165, 1.54) is 77.0 Å². The monoisotopic (exact) mass is 766 g/mol. The molecule has 0 aromatic rings. The van der Waals surface area contributed by atoms with E-state index in [1.807, 2.05) is 6.92 Å². The Morgan fingerprint density at radius 3 is 1.60 bits per heavy atom. The van der Waals surface area contributed by atoms with Gasteiger partial charge < -0.3 is 65.1 Å². The van der Waals surface area contributed by atoms with E-state index in [-0.39, 0.29) is 12.5 Å². The fourth-order valence-electron chi connectivity index (χ4n) is 7.06. The first-order valence-corrected chi connectivity index (χ1v) is 20.8. The summed E-state index contributed by atoms with van der Waals surface area (Å²) in [5, 5.41) is 85.7. The maximum atomic E-state index is 12.9. The van der Waals surface area contributed by atoms with Crippen LogP contribution in [0.3, 0.4) is 0 Å². The van der Waals surface area contributed by atoms with Crippen LogP contribution in [0.25, 0.3) is 0 Å². The molecule has 2 saturated heterocycles. The van der Waals surface area contributed by atoms with Crippen molar-refractivity contribution in [2.75, 3.05) is 19.8 Å². The second kappa shape index (κ2) is 28.4. The summed E-state index contributed by atoms with van der Waals surface area (Å²) in [6.45, 7) is 2.65. The first kappa shape index (κ1) is 48.1. The summed E-state index contributed by atoms with van der Waals surface area (Å²) in [4.78, 5) is 12.9. The van der Waals surface area contributed by atoms with Crippen LogP contribution in [0.5, 0.6) is 0 Å². The number of aliphatic hydroxyl groups is 8. The SMILES string of the molecule is CCCCCCCCCCCCCCCCCCC(=O)NC(COC1OC(CO)C(OC2OC(CO)C(O)C(O)C2O)C(O)C1O)C(O)CCCCC. The third-order valence-corrected chi connectivity index (χ3v) is 10.6. The lowest BCUT2D eigenvalue weighted by molar-refractivity contribution is -0.359. The van der Waals surface area contributed by atoms with Crippen LogP contribution >= 0.6 is 0 Å². The van der Waals surface area contributed by atoms with Crippen LogP contribution in [-0.2, 0) is 23.7 Å². The molecule has 12 unspecified atom stereocenters. The molecule has 0 saturated carbocycles. The average molecular weight is 766 g/mol. The highest BCUT2D eigenvalue weighted by atomic mass is 16.7. The number of rotatable bonds is 30. The summed E-state index contributed by atoms with van der Waals surface area (Å²) in [6.07, 6.45) is 6.53. The number of carbonyl (C=O) groups excluding carboxylic acids is 1. The molecular formula is C39H75NO13. The number of nitrogens with one attached hydrogen (secondary N) is 1. The third-order valence-electron chi connectivity index (χ3n) is 10.6. The number of amides is 1. The predicted octanol–water partition coefficient (Wildman–Crippen LogP) is 2.70. The van der Waals surface area contributed by atoms with Crippen LogP contribution in [0, 0.1) is 0 Å². The van der Waals surface area contributed by atoms with Crippen molar-refractivity contribution in [3.05, 3.63) is 0 Å². The summed E-state index contributed by atoms with van der Waals surface area (Å²) in [5.74, 6) is -0.218. The number of hydrogen-bond donors (Lipinski definition) is 9. The van der Waals surface area contributed by atoms with Gasteiger partial charge in [-0.05, 0) is 12.8 Å².